The van der Waals surface area contributed by atoms with Gasteiger partial charge in [0.15, 0.2) is 11.6 Å². The molecule has 1 aromatic heterocycles. The fourth-order valence-corrected chi connectivity index (χ4v) is 3.33. The Hall–Kier alpha value is -2.04. The highest BCUT2D eigenvalue weighted by molar-refractivity contribution is 5.66. The van der Waals surface area contributed by atoms with Crippen LogP contribution >= 0.6 is 0 Å². The molecule has 0 radical (unpaired) electrons. The molecule has 1 aromatic carbocycles. The number of hydrogen-bond acceptors (Lipinski definition) is 4. The predicted octanol–water partition coefficient (Wildman–Crippen LogP) is 4.59. The molecule has 1 saturated carbocycles. The van der Waals surface area contributed by atoms with Gasteiger partial charge in [-0.1, -0.05) is 33.1 Å². The van der Waals surface area contributed by atoms with Gasteiger partial charge >= 0.3 is 0 Å². The van der Waals surface area contributed by atoms with Gasteiger partial charge in [0.2, 0.25) is 0 Å². The highest BCUT2D eigenvalue weighted by Crippen LogP contribution is 2.37. The second-order valence-corrected chi connectivity index (χ2v) is 6.75. The zero-order chi connectivity index (χ0) is 17.1. The van der Waals surface area contributed by atoms with E-state index >= 15 is 0 Å². The summed E-state index contributed by atoms with van der Waals surface area (Å²) in [5, 5.41) is 4.85. The molecule has 0 N–H and O–H groups in total. The first kappa shape index (κ1) is 16.8. The van der Waals surface area contributed by atoms with Gasteiger partial charge in [-0.25, -0.2) is 9.67 Å². The van der Waals surface area contributed by atoms with E-state index in [9.17, 15) is 0 Å². The first-order valence-electron chi connectivity index (χ1n) is 8.83. The Morgan fingerprint density at radius 1 is 1.08 bits per heavy atom. The maximum absolute atomic E-state index is 5.59. The average Bonchev–Trinajstić information content (AvgIpc) is 3.07. The van der Waals surface area contributed by atoms with Crippen LogP contribution in [0.3, 0.4) is 0 Å². The van der Waals surface area contributed by atoms with Crippen LogP contribution in [0.1, 0.15) is 63.7 Å². The molecule has 0 amide bonds. The Bertz CT molecular complexity index is 688. The van der Waals surface area contributed by atoms with Gasteiger partial charge < -0.3 is 9.47 Å². The van der Waals surface area contributed by atoms with Crippen molar-refractivity contribution in [3.8, 4) is 22.9 Å². The Labute approximate surface area is 144 Å². The van der Waals surface area contributed by atoms with E-state index in [1.165, 1.54) is 32.1 Å². The molecule has 5 nitrogen and oxygen atoms in total. The molecule has 130 valence electrons. The SMILES string of the molecule is COc1ccc(-c2nc(C(C)C)nn2C2CCCCC2)c(OC)c1. The fraction of sp³-hybridized carbons (Fsp3) is 0.579. The first-order valence-corrected chi connectivity index (χ1v) is 8.83. The van der Waals surface area contributed by atoms with Crippen LogP contribution in [-0.4, -0.2) is 29.0 Å². The summed E-state index contributed by atoms with van der Waals surface area (Å²) in [6, 6.07) is 6.31. The molecule has 24 heavy (non-hydrogen) atoms. The number of benzene rings is 1. The maximum Gasteiger partial charge on any atom is 0.162 e. The molecule has 0 spiro atoms. The molecule has 0 saturated heterocycles. The molecule has 1 heterocycles. The summed E-state index contributed by atoms with van der Waals surface area (Å²) in [5.74, 6) is 3.66. The molecular weight excluding hydrogens is 302 g/mol. The molecule has 1 fully saturated rings. The van der Waals surface area contributed by atoms with Crippen molar-refractivity contribution in [3.63, 3.8) is 0 Å². The molecule has 5 heteroatoms. The summed E-state index contributed by atoms with van der Waals surface area (Å²) in [6.45, 7) is 4.27. The lowest BCUT2D eigenvalue weighted by atomic mass is 9.95. The fourth-order valence-electron chi connectivity index (χ4n) is 3.33. The summed E-state index contributed by atoms with van der Waals surface area (Å²) in [4.78, 5) is 4.85. The van der Waals surface area contributed by atoms with E-state index in [4.69, 9.17) is 19.6 Å². The third-order valence-electron chi connectivity index (χ3n) is 4.73. The van der Waals surface area contributed by atoms with E-state index in [-0.39, 0.29) is 0 Å². The van der Waals surface area contributed by atoms with Crippen molar-refractivity contribution >= 4 is 0 Å². The number of nitrogens with zero attached hydrogens (tertiary/aromatic N) is 3. The molecular formula is C19H27N3O2. The summed E-state index contributed by atoms with van der Waals surface area (Å²) in [6.07, 6.45) is 6.20. The number of aromatic nitrogens is 3. The van der Waals surface area contributed by atoms with E-state index in [2.05, 4.69) is 18.5 Å². The van der Waals surface area contributed by atoms with Crippen LogP contribution in [0.2, 0.25) is 0 Å². The van der Waals surface area contributed by atoms with Crippen LogP contribution in [0.25, 0.3) is 11.4 Å². The number of ether oxygens (including phenoxy) is 2. The highest BCUT2D eigenvalue weighted by Gasteiger charge is 2.24. The standard InChI is InChI=1S/C19H27N3O2/c1-13(2)18-20-19(22(21-18)14-8-6-5-7-9-14)16-11-10-15(23-3)12-17(16)24-4/h10-14H,5-9H2,1-4H3. The average molecular weight is 329 g/mol. The number of rotatable bonds is 5. The summed E-state index contributed by atoms with van der Waals surface area (Å²) < 4.78 is 13.0. The third kappa shape index (κ3) is 3.25. The van der Waals surface area contributed by atoms with Gasteiger partial charge in [-0.05, 0) is 25.0 Å². The Kier molecular flexibility index (Phi) is 5.07. The minimum absolute atomic E-state index is 0.304. The lowest BCUT2D eigenvalue weighted by molar-refractivity contribution is 0.329. The Morgan fingerprint density at radius 3 is 2.46 bits per heavy atom. The monoisotopic (exact) mass is 329 g/mol. The predicted molar refractivity (Wildman–Crippen MR) is 94.8 cm³/mol. The van der Waals surface area contributed by atoms with Crippen LogP contribution in [0.15, 0.2) is 18.2 Å². The second-order valence-electron chi connectivity index (χ2n) is 6.75. The second kappa shape index (κ2) is 7.24. The van der Waals surface area contributed by atoms with Crippen molar-refractivity contribution in [2.45, 2.75) is 57.9 Å². The van der Waals surface area contributed by atoms with Crippen LogP contribution in [0.5, 0.6) is 11.5 Å². The van der Waals surface area contributed by atoms with E-state index < -0.39 is 0 Å². The van der Waals surface area contributed by atoms with Gasteiger partial charge in [-0.15, -0.1) is 0 Å². The zero-order valence-corrected chi connectivity index (χ0v) is 15.1. The van der Waals surface area contributed by atoms with Crippen molar-refractivity contribution < 1.29 is 9.47 Å². The van der Waals surface area contributed by atoms with Gasteiger partial charge in [-0.2, -0.15) is 5.10 Å². The summed E-state index contributed by atoms with van der Waals surface area (Å²) >= 11 is 0. The molecule has 1 aliphatic rings. The molecule has 3 rings (SSSR count). The Balaban J connectivity index is 2.08. The highest BCUT2D eigenvalue weighted by atomic mass is 16.5. The first-order chi connectivity index (χ1) is 11.6. The smallest absolute Gasteiger partial charge is 0.162 e. The van der Waals surface area contributed by atoms with Crippen LogP contribution in [0, 0.1) is 0 Å². The number of hydrogen-bond donors (Lipinski definition) is 0. The molecule has 0 bridgehead atoms. The van der Waals surface area contributed by atoms with Gasteiger partial charge in [0.1, 0.15) is 11.5 Å². The van der Waals surface area contributed by atoms with Gasteiger partial charge in [0.25, 0.3) is 0 Å². The largest absolute Gasteiger partial charge is 0.497 e. The molecule has 2 aromatic rings. The van der Waals surface area contributed by atoms with Crippen molar-refractivity contribution in [2.24, 2.45) is 0 Å². The summed E-state index contributed by atoms with van der Waals surface area (Å²) in [5.41, 5.74) is 0.975. The number of methoxy groups -OCH3 is 2. The van der Waals surface area contributed by atoms with E-state index in [0.29, 0.717) is 12.0 Å². The minimum Gasteiger partial charge on any atom is -0.497 e. The zero-order valence-electron chi connectivity index (χ0n) is 15.1. The van der Waals surface area contributed by atoms with Crippen LogP contribution < -0.4 is 9.47 Å². The topological polar surface area (TPSA) is 49.2 Å². The van der Waals surface area contributed by atoms with E-state index in [1.54, 1.807) is 14.2 Å². The van der Waals surface area contributed by atoms with Gasteiger partial charge in [0.05, 0.1) is 25.8 Å². The summed E-state index contributed by atoms with van der Waals surface area (Å²) in [7, 11) is 3.35. The van der Waals surface area contributed by atoms with Gasteiger partial charge in [0, 0.05) is 12.0 Å². The molecule has 0 aliphatic heterocycles. The maximum atomic E-state index is 5.59. The van der Waals surface area contributed by atoms with Crippen LogP contribution in [-0.2, 0) is 0 Å². The third-order valence-corrected chi connectivity index (χ3v) is 4.73. The minimum atomic E-state index is 0.304. The normalized spacial score (nSPS) is 15.7. The lowest BCUT2D eigenvalue weighted by Gasteiger charge is -2.23. The molecule has 1 aliphatic carbocycles. The van der Waals surface area contributed by atoms with Crippen molar-refractivity contribution in [2.75, 3.05) is 14.2 Å². The van der Waals surface area contributed by atoms with Crippen molar-refractivity contribution in [1.82, 2.24) is 14.8 Å². The van der Waals surface area contributed by atoms with Gasteiger partial charge in [-0.3, -0.25) is 0 Å². The lowest BCUT2D eigenvalue weighted by Crippen LogP contribution is -2.15. The van der Waals surface area contributed by atoms with E-state index in [1.807, 2.05) is 18.2 Å². The van der Waals surface area contributed by atoms with Crippen molar-refractivity contribution in [1.29, 1.82) is 0 Å². The Morgan fingerprint density at radius 2 is 1.83 bits per heavy atom. The van der Waals surface area contributed by atoms with Crippen molar-refractivity contribution in [3.05, 3.63) is 24.0 Å². The molecule has 0 atom stereocenters. The quantitative estimate of drug-likeness (QED) is 0.805. The van der Waals surface area contributed by atoms with E-state index in [0.717, 1.165) is 28.7 Å². The molecule has 0 unspecified atom stereocenters. The van der Waals surface area contributed by atoms with Crippen LogP contribution in [0.4, 0.5) is 0 Å².